The molecule has 0 aliphatic heterocycles. The van der Waals surface area contributed by atoms with Crippen LogP contribution in [-0.4, -0.2) is 6.04 Å². The lowest BCUT2D eigenvalue weighted by Crippen LogP contribution is -2.22. The van der Waals surface area contributed by atoms with Crippen LogP contribution >= 0.6 is 11.3 Å². The third kappa shape index (κ3) is 4.33. The van der Waals surface area contributed by atoms with E-state index in [2.05, 4.69) is 19.2 Å². The zero-order valence-corrected chi connectivity index (χ0v) is 12.0. The number of halogens is 1. The Morgan fingerprint density at radius 3 is 2.84 bits per heavy atom. The molecule has 1 heterocycles. The normalized spacial score (nSPS) is 10.9. The van der Waals surface area contributed by atoms with E-state index in [1.54, 1.807) is 17.4 Å². The van der Waals surface area contributed by atoms with E-state index in [1.165, 1.54) is 12.1 Å². The van der Waals surface area contributed by atoms with Gasteiger partial charge in [0, 0.05) is 23.0 Å². The molecule has 1 aromatic heterocycles. The van der Waals surface area contributed by atoms with Gasteiger partial charge in [0.15, 0.2) is 0 Å². The molecule has 2 aromatic rings. The van der Waals surface area contributed by atoms with Gasteiger partial charge in [0.2, 0.25) is 0 Å². The largest absolute Gasteiger partial charge is 0.488 e. The van der Waals surface area contributed by atoms with Crippen LogP contribution in [0.3, 0.4) is 0 Å². The Balaban J connectivity index is 2.05. The fourth-order valence-electron chi connectivity index (χ4n) is 1.68. The lowest BCUT2D eigenvalue weighted by Gasteiger charge is -2.13. The highest BCUT2D eigenvalue weighted by atomic mass is 32.1. The van der Waals surface area contributed by atoms with Gasteiger partial charge in [-0.15, -0.1) is 11.3 Å². The highest BCUT2D eigenvalue weighted by Gasteiger charge is 2.07. The smallest absolute Gasteiger partial charge is 0.124 e. The summed E-state index contributed by atoms with van der Waals surface area (Å²) >= 11 is 1.65. The Labute approximate surface area is 117 Å². The van der Waals surface area contributed by atoms with E-state index in [0.717, 1.165) is 16.2 Å². The van der Waals surface area contributed by atoms with Gasteiger partial charge in [-0.25, -0.2) is 4.39 Å². The van der Waals surface area contributed by atoms with Crippen molar-refractivity contribution < 1.29 is 9.13 Å². The highest BCUT2D eigenvalue weighted by molar-refractivity contribution is 7.09. The van der Waals surface area contributed by atoms with E-state index in [1.807, 2.05) is 17.5 Å². The first-order valence-corrected chi connectivity index (χ1v) is 7.20. The first-order valence-electron chi connectivity index (χ1n) is 6.32. The number of hydrogen-bond acceptors (Lipinski definition) is 3. The molecule has 0 fully saturated rings. The fraction of sp³-hybridized carbons (Fsp3) is 0.333. The zero-order chi connectivity index (χ0) is 13.7. The third-order valence-corrected chi connectivity index (χ3v) is 3.52. The van der Waals surface area contributed by atoms with Crippen LogP contribution in [-0.2, 0) is 13.2 Å². The third-order valence-electron chi connectivity index (χ3n) is 2.67. The van der Waals surface area contributed by atoms with Crippen molar-refractivity contribution in [3.05, 3.63) is 52.0 Å². The molecule has 0 bridgehead atoms. The van der Waals surface area contributed by atoms with E-state index >= 15 is 0 Å². The lowest BCUT2D eigenvalue weighted by atomic mass is 10.2. The highest BCUT2D eigenvalue weighted by Crippen LogP contribution is 2.22. The predicted octanol–water partition coefficient (Wildman–Crippen LogP) is 3.96. The van der Waals surface area contributed by atoms with Crippen LogP contribution in [0.1, 0.15) is 24.3 Å². The Morgan fingerprint density at radius 2 is 2.16 bits per heavy atom. The van der Waals surface area contributed by atoms with Crippen molar-refractivity contribution in [3.63, 3.8) is 0 Å². The minimum absolute atomic E-state index is 0.232. The second kappa shape index (κ2) is 6.68. The molecule has 19 heavy (non-hydrogen) atoms. The number of benzene rings is 1. The summed E-state index contributed by atoms with van der Waals surface area (Å²) in [5.74, 6) is 0.506. The van der Waals surface area contributed by atoms with Crippen LogP contribution in [0.25, 0.3) is 0 Å². The summed E-state index contributed by atoms with van der Waals surface area (Å²) in [6.45, 7) is 5.25. The van der Waals surface area contributed by atoms with E-state index in [4.69, 9.17) is 4.74 Å². The molecule has 2 rings (SSSR count). The Hall–Kier alpha value is -1.39. The van der Waals surface area contributed by atoms with E-state index in [0.29, 0.717) is 19.2 Å². The molecule has 102 valence electrons. The quantitative estimate of drug-likeness (QED) is 0.864. The summed E-state index contributed by atoms with van der Waals surface area (Å²) in [4.78, 5) is 1.16. The van der Waals surface area contributed by atoms with Gasteiger partial charge < -0.3 is 10.1 Å². The summed E-state index contributed by atoms with van der Waals surface area (Å²) in [5, 5.41) is 5.30. The average Bonchev–Trinajstić information content (AvgIpc) is 2.88. The SMILES string of the molecule is CC(C)NCc1cc(F)ccc1OCc1cccs1. The van der Waals surface area contributed by atoms with Crippen LogP contribution in [0.4, 0.5) is 4.39 Å². The molecule has 0 radical (unpaired) electrons. The maximum Gasteiger partial charge on any atom is 0.124 e. The van der Waals surface area contributed by atoms with Gasteiger partial charge in [-0.1, -0.05) is 19.9 Å². The number of hydrogen-bond donors (Lipinski definition) is 1. The number of thiophene rings is 1. The van der Waals surface area contributed by atoms with Crippen LogP contribution in [0, 0.1) is 5.82 Å². The first kappa shape index (κ1) is 14.0. The molecule has 1 aromatic carbocycles. The summed E-state index contributed by atoms with van der Waals surface area (Å²) in [7, 11) is 0. The first-order chi connectivity index (χ1) is 9.15. The molecule has 0 aliphatic carbocycles. The molecular weight excluding hydrogens is 261 g/mol. The van der Waals surface area contributed by atoms with Gasteiger partial charge in [0.05, 0.1) is 0 Å². The standard InChI is InChI=1S/C15H18FNOS/c1-11(2)17-9-12-8-13(16)5-6-15(12)18-10-14-4-3-7-19-14/h3-8,11,17H,9-10H2,1-2H3. The Kier molecular flexibility index (Phi) is 4.93. The number of ether oxygens (including phenoxy) is 1. The summed E-state index contributed by atoms with van der Waals surface area (Å²) < 4.78 is 19.1. The maximum atomic E-state index is 13.3. The lowest BCUT2D eigenvalue weighted by molar-refractivity contribution is 0.304. The molecule has 2 nitrogen and oxygen atoms in total. The topological polar surface area (TPSA) is 21.3 Å². The maximum absolute atomic E-state index is 13.3. The molecule has 0 atom stereocenters. The van der Waals surface area contributed by atoms with E-state index < -0.39 is 0 Å². The van der Waals surface area contributed by atoms with Crippen molar-refractivity contribution in [1.29, 1.82) is 0 Å². The minimum atomic E-state index is -0.232. The Morgan fingerprint density at radius 1 is 1.32 bits per heavy atom. The van der Waals surface area contributed by atoms with Gasteiger partial charge in [-0.3, -0.25) is 0 Å². The van der Waals surface area contributed by atoms with Crippen molar-refractivity contribution >= 4 is 11.3 Å². The van der Waals surface area contributed by atoms with Crippen molar-refractivity contribution in [2.75, 3.05) is 0 Å². The van der Waals surface area contributed by atoms with Gasteiger partial charge in [-0.2, -0.15) is 0 Å². The van der Waals surface area contributed by atoms with Gasteiger partial charge in [-0.05, 0) is 29.6 Å². The van der Waals surface area contributed by atoms with Gasteiger partial charge in [0.1, 0.15) is 18.2 Å². The van der Waals surface area contributed by atoms with Crippen LogP contribution in [0.5, 0.6) is 5.75 Å². The van der Waals surface area contributed by atoms with Crippen molar-refractivity contribution in [3.8, 4) is 5.75 Å². The second-order valence-corrected chi connectivity index (χ2v) is 5.69. The van der Waals surface area contributed by atoms with Gasteiger partial charge in [0.25, 0.3) is 0 Å². The second-order valence-electron chi connectivity index (χ2n) is 4.66. The van der Waals surface area contributed by atoms with E-state index in [9.17, 15) is 4.39 Å². The van der Waals surface area contributed by atoms with E-state index in [-0.39, 0.29) is 5.82 Å². The van der Waals surface area contributed by atoms with Crippen LogP contribution in [0.2, 0.25) is 0 Å². The summed E-state index contributed by atoms with van der Waals surface area (Å²) in [5.41, 5.74) is 0.852. The molecule has 1 N–H and O–H groups in total. The molecule has 0 amide bonds. The molecule has 4 heteroatoms. The molecule has 0 aliphatic rings. The molecule has 0 spiro atoms. The van der Waals surface area contributed by atoms with Crippen molar-refractivity contribution in [1.82, 2.24) is 5.32 Å². The predicted molar refractivity (Wildman–Crippen MR) is 77.0 cm³/mol. The number of nitrogens with one attached hydrogen (secondary N) is 1. The average molecular weight is 279 g/mol. The molecule has 0 unspecified atom stereocenters. The summed E-state index contributed by atoms with van der Waals surface area (Å²) in [6.07, 6.45) is 0. The monoisotopic (exact) mass is 279 g/mol. The summed E-state index contributed by atoms with van der Waals surface area (Å²) in [6, 6.07) is 9.03. The van der Waals surface area contributed by atoms with Gasteiger partial charge >= 0.3 is 0 Å². The Bertz CT molecular complexity index is 511. The molecular formula is C15H18FNOS. The number of rotatable bonds is 6. The van der Waals surface area contributed by atoms with Crippen molar-refractivity contribution in [2.24, 2.45) is 0 Å². The molecule has 0 saturated heterocycles. The van der Waals surface area contributed by atoms with Crippen LogP contribution in [0.15, 0.2) is 35.7 Å². The molecule has 0 saturated carbocycles. The van der Waals surface area contributed by atoms with Crippen LogP contribution < -0.4 is 10.1 Å². The minimum Gasteiger partial charge on any atom is -0.488 e. The fourth-order valence-corrected chi connectivity index (χ4v) is 2.30. The zero-order valence-electron chi connectivity index (χ0n) is 11.2. The van der Waals surface area contributed by atoms with Crippen molar-refractivity contribution in [2.45, 2.75) is 33.0 Å².